The molecule has 2 aliphatic heterocycles. The minimum atomic E-state index is -4.58. The number of likely N-dealkylation sites (tertiary alicyclic amines) is 1. The number of halogens is 4. The molecule has 2 saturated heterocycles. The molecule has 0 spiro atoms. The zero-order valence-corrected chi connectivity index (χ0v) is 17.2. The average molecular weight is 434 g/mol. The zero-order valence-electron chi connectivity index (χ0n) is 16.4. The van der Waals surface area contributed by atoms with Gasteiger partial charge >= 0.3 is 6.18 Å². The molecule has 0 atom stereocenters. The molecular weight excluding hydrogens is 407 g/mol. The van der Waals surface area contributed by atoms with Gasteiger partial charge in [-0.25, -0.2) is 0 Å². The highest BCUT2D eigenvalue weighted by Gasteiger charge is 2.34. The van der Waals surface area contributed by atoms with Crippen molar-refractivity contribution in [3.8, 4) is 0 Å². The van der Waals surface area contributed by atoms with Crippen molar-refractivity contribution in [2.75, 3.05) is 38.1 Å². The summed E-state index contributed by atoms with van der Waals surface area (Å²) in [6.07, 6.45) is -0.914. The first kappa shape index (κ1) is 23.5. The molecule has 1 aromatic carbocycles. The van der Waals surface area contributed by atoms with Gasteiger partial charge in [0.15, 0.2) is 0 Å². The topological polar surface area (TPSA) is 52.7 Å². The molecule has 3 rings (SSSR count). The second-order valence-corrected chi connectivity index (χ2v) is 7.54. The summed E-state index contributed by atoms with van der Waals surface area (Å²) >= 11 is 0. The molecule has 0 saturated carbocycles. The highest BCUT2D eigenvalue weighted by Crippen LogP contribution is 2.35. The Kier molecular flexibility index (Phi) is 7.94. The third-order valence-corrected chi connectivity index (χ3v) is 5.58. The van der Waals surface area contributed by atoms with Crippen LogP contribution in [0.15, 0.2) is 18.2 Å². The number of amides is 2. The van der Waals surface area contributed by atoms with Crippen LogP contribution in [0.3, 0.4) is 0 Å². The molecule has 2 fully saturated rings. The first-order chi connectivity index (χ1) is 13.3. The standard InChI is InChI=1S/C20H26F3N3O2.ClH/c1-24-7-4-14-5-9-25(10-6-14)19(28)15-11-16(20(21,22)23)13-17(12-15)26-8-2-3-18(26)27;/h11-14,24H,2-10H2,1H3;1H. The Balaban J connectivity index is 0.00000300. The van der Waals surface area contributed by atoms with Gasteiger partial charge in [-0.15, -0.1) is 12.4 Å². The van der Waals surface area contributed by atoms with Crippen LogP contribution in [-0.4, -0.2) is 49.9 Å². The van der Waals surface area contributed by atoms with Crippen LogP contribution in [0, 0.1) is 5.92 Å². The minimum Gasteiger partial charge on any atom is -0.339 e. The highest BCUT2D eigenvalue weighted by molar-refractivity contribution is 5.99. The number of hydrogen-bond donors (Lipinski definition) is 1. The smallest absolute Gasteiger partial charge is 0.339 e. The molecule has 2 aliphatic rings. The van der Waals surface area contributed by atoms with Crippen LogP contribution in [0.5, 0.6) is 0 Å². The summed E-state index contributed by atoms with van der Waals surface area (Å²) in [7, 11) is 1.90. The van der Waals surface area contributed by atoms with Crippen molar-refractivity contribution in [2.45, 2.75) is 38.3 Å². The number of alkyl halides is 3. The molecule has 5 nitrogen and oxygen atoms in total. The lowest BCUT2D eigenvalue weighted by Gasteiger charge is -2.32. The Labute approximate surface area is 175 Å². The Bertz CT molecular complexity index is 734. The maximum Gasteiger partial charge on any atom is 0.416 e. The maximum absolute atomic E-state index is 13.4. The normalized spacial score (nSPS) is 18.1. The molecule has 0 bridgehead atoms. The van der Waals surface area contributed by atoms with Gasteiger partial charge in [0.1, 0.15) is 0 Å². The van der Waals surface area contributed by atoms with Gasteiger partial charge in [-0.05, 0) is 63.4 Å². The molecule has 2 heterocycles. The Morgan fingerprint density at radius 3 is 2.41 bits per heavy atom. The summed E-state index contributed by atoms with van der Waals surface area (Å²) in [4.78, 5) is 27.8. The lowest BCUT2D eigenvalue weighted by Crippen LogP contribution is -2.39. The number of anilines is 1. The molecule has 1 aromatic rings. The van der Waals surface area contributed by atoms with E-state index in [0.717, 1.165) is 37.9 Å². The number of nitrogens with zero attached hydrogens (tertiary/aromatic N) is 2. The molecule has 2 amide bonds. The average Bonchev–Trinajstić information content (AvgIpc) is 3.11. The quantitative estimate of drug-likeness (QED) is 0.770. The van der Waals surface area contributed by atoms with Crippen LogP contribution in [0.1, 0.15) is 48.0 Å². The fraction of sp³-hybridized carbons (Fsp3) is 0.600. The Morgan fingerprint density at radius 1 is 1.17 bits per heavy atom. The second-order valence-electron chi connectivity index (χ2n) is 7.54. The van der Waals surface area contributed by atoms with E-state index in [0.29, 0.717) is 38.4 Å². The lowest BCUT2D eigenvalue weighted by molar-refractivity contribution is -0.137. The molecule has 0 aliphatic carbocycles. The fourth-order valence-electron chi connectivity index (χ4n) is 3.93. The fourth-order valence-corrected chi connectivity index (χ4v) is 3.93. The van der Waals surface area contributed by atoms with E-state index < -0.39 is 17.6 Å². The third-order valence-electron chi connectivity index (χ3n) is 5.58. The molecule has 1 N–H and O–H groups in total. The molecule has 0 aromatic heterocycles. The predicted molar refractivity (Wildman–Crippen MR) is 107 cm³/mol. The largest absolute Gasteiger partial charge is 0.416 e. The summed E-state index contributed by atoms with van der Waals surface area (Å²) in [6, 6.07) is 3.29. The number of carbonyl (C=O) groups excluding carboxylic acids is 2. The minimum absolute atomic E-state index is 0. The molecule has 0 unspecified atom stereocenters. The first-order valence-electron chi connectivity index (χ1n) is 9.76. The predicted octanol–water partition coefficient (Wildman–Crippen LogP) is 3.72. The molecule has 162 valence electrons. The second kappa shape index (κ2) is 9.80. The van der Waals surface area contributed by atoms with Gasteiger partial charge < -0.3 is 15.1 Å². The van der Waals surface area contributed by atoms with Crippen molar-refractivity contribution in [1.82, 2.24) is 10.2 Å². The van der Waals surface area contributed by atoms with Crippen molar-refractivity contribution in [1.29, 1.82) is 0 Å². The molecular formula is C20H27ClF3N3O2. The van der Waals surface area contributed by atoms with Crippen molar-refractivity contribution in [2.24, 2.45) is 5.92 Å². The van der Waals surface area contributed by atoms with E-state index in [1.165, 1.54) is 11.0 Å². The SMILES string of the molecule is CNCCC1CCN(C(=O)c2cc(N3CCCC3=O)cc(C(F)(F)F)c2)CC1.Cl. The van der Waals surface area contributed by atoms with E-state index in [1.54, 1.807) is 4.90 Å². The number of hydrogen-bond acceptors (Lipinski definition) is 3. The third kappa shape index (κ3) is 5.63. The Morgan fingerprint density at radius 2 is 1.86 bits per heavy atom. The van der Waals surface area contributed by atoms with Gasteiger partial charge in [-0.3, -0.25) is 9.59 Å². The highest BCUT2D eigenvalue weighted by atomic mass is 35.5. The van der Waals surface area contributed by atoms with Crippen LogP contribution in [0.25, 0.3) is 0 Å². The summed E-state index contributed by atoms with van der Waals surface area (Å²) in [5.74, 6) is -0.0788. The van der Waals surface area contributed by atoms with Gasteiger partial charge in [-0.2, -0.15) is 13.2 Å². The summed E-state index contributed by atoms with van der Waals surface area (Å²) in [6.45, 7) is 2.38. The number of carbonyl (C=O) groups is 2. The van der Waals surface area contributed by atoms with Crippen molar-refractivity contribution >= 4 is 29.9 Å². The van der Waals surface area contributed by atoms with Crippen molar-refractivity contribution in [3.63, 3.8) is 0 Å². The van der Waals surface area contributed by atoms with Crippen LogP contribution in [0.2, 0.25) is 0 Å². The van der Waals surface area contributed by atoms with Crippen LogP contribution >= 0.6 is 12.4 Å². The van der Waals surface area contributed by atoms with E-state index in [4.69, 9.17) is 0 Å². The molecule has 0 radical (unpaired) electrons. The molecule has 29 heavy (non-hydrogen) atoms. The van der Waals surface area contributed by atoms with Gasteiger partial charge in [0.25, 0.3) is 5.91 Å². The van der Waals surface area contributed by atoms with E-state index in [9.17, 15) is 22.8 Å². The summed E-state index contributed by atoms with van der Waals surface area (Å²) in [5, 5.41) is 3.11. The van der Waals surface area contributed by atoms with Crippen LogP contribution in [0.4, 0.5) is 18.9 Å². The van der Waals surface area contributed by atoms with E-state index >= 15 is 0 Å². The van der Waals surface area contributed by atoms with Crippen molar-refractivity contribution < 1.29 is 22.8 Å². The number of rotatable bonds is 5. The van der Waals surface area contributed by atoms with Gasteiger partial charge in [0, 0.05) is 37.3 Å². The van der Waals surface area contributed by atoms with Gasteiger partial charge in [0.05, 0.1) is 5.56 Å². The molecule has 9 heteroatoms. The monoisotopic (exact) mass is 433 g/mol. The summed E-state index contributed by atoms with van der Waals surface area (Å²) < 4.78 is 40.1. The first-order valence-corrected chi connectivity index (χ1v) is 9.76. The number of piperidine rings is 1. The van der Waals surface area contributed by atoms with Crippen LogP contribution < -0.4 is 10.2 Å². The maximum atomic E-state index is 13.4. The van der Waals surface area contributed by atoms with Crippen molar-refractivity contribution in [3.05, 3.63) is 29.3 Å². The van der Waals surface area contributed by atoms with E-state index in [-0.39, 0.29) is 29.6 Å². The number of benzene rings is 1. The Hall–Kier alpha value is -1.80. The van der Waals surface area contributed by atoms with E-state index in [1.807, 2.05) is 7.05 Å². The van der Waals surface area contributed by atoms with Gasteiger partial charge in [-0.1, -0.05) is 0 Å². The number of nitrogens with one attached hydrogen (secondary N) is 1. The lowest BCUT2D eigenvalue weighted by atomic mass is 9.93. The van der Waals surface area contributed by atoms with Crippen LogP contribution in [-0.2, 0) is 11.0 Å². The summed E-state index contributed by atoms with van der Waals surface area (Å²) in [5.41, 5.74) is -0.736. The van der Waals surface area contributed by atoms with Gasteiger partial charge in [0.2, 0.25) is 5.91 Å². The van der Waals surface area contributed by atoms with E-state index in [2.05, 4.69) is 5.32 Å². The zero-order chi connectivity index (χ0) is 20.3.